The van der Waals surface area contributed by atoms with Crippen LogP contribution < -0.4 is 4.90 Å². The molecule has 14 heavy (non-hydrogen) atoms. The molecule has 2 heterocycles. The number of morpholine rings is 1. The molecule has 0 spiro atoms. The zero-order valence-electron chi connectivity index (χ0n) is 7.41. The van der Waals surface area contributed by atoms with Crippen molar-refractivity contribution in [2.45, 2.75) is 0 Å². The van der Waals surface area contributed by atoms with Crippen LogP contribution in [0.25, 0.3) is 0 Å². The molecule has 1 aromatic rings. The fraction of sp³-hybridized carbons (Fsp3) is 0.500. The number of hydrogen-bond acceptors (Lipinski definition) is 4. The average molecular weight is 234 g/mol. The summed E-state index contributed by atoms with van der Waals surface area (Å²) in [6, 6.07) is 0. The number of ether oxygens (including phenoxy) is 1. The summed E-state index contributed by atoms with van der Waals surface area (Å²) < 4.78 is 5.23. The zero-order chi connectivity index (χ0) is 9.97. The van der Waals surface area contributed by atoms with Gasteiger partial charge in [-0.15, -0.1) is 0 Å². The molecule has 4 nitrogen and oxygen atoms in total. The smallest absolute Gasteiger partial charge is 0.153 e. The Morgan fingerprint density at radius 2 is 1.93 bits per heavy atom. The highest BCUT2D eigenvalue weighted by atomic mass is 35.5. The molecule has 0 saturated carbocycles. The Balaban J connectivity index is 2.26. The molecule has 0 atom stereocenters. The number of rotatable bonds is 1. The van der Waals surface area contributed by atoms with E-state index < -0.39 is 0 Å². The van der Waals surface area contributed by atoms with Crippen molar-refractivity contribution in [1.29, 1.82) is 0 Å². The van der Waals surface area contributed by atoms with Gasteiger partial charge in [0.25, 0.3) is 0 Å². The lowest BCUT2D eigenvalue weighted by atomic mass is 10.4. The maximum Gasteiger partial charge on any atom is 0.153 e. The van der Waals surface area contributed by atoms with Gasteiger partial charge in [-0.3, -0.25) is 0 Å². The molecular formula is C8H9Cl2N3O. The molecule has 1 aromatic heterocycles. The predicted molar refractivity (Wildman–Crippen MR) is 55.1 cm³/mol. The SMILES string of the molecule is Clc1ncnc(N2CCOCC2)c1Cl. The van der Waals surface area contributed by atoms with Gasteiger partial charge in [0.15, 0.2) is 11.0 Å². The Hall–Kier alpha value is -0.580. The molecule has 1 fully saturated rings. The monoisotopic (exact) mass is 233 g/mol. The molecule has 0 aliphatic carbocycles. The van der Waals surface area contributed by atoms with Crippen LogP contribution in [0, 0.1) is 0 Å². The van der Waals surface area contributed by atoms with Crippen molar-refractivity contribution in [2.24, 2.45) is 0 Å². The van der Waals surface area contributed by atoms with E-state index in [1.165, 1.54) is 6.33 Å². The molecule has 0 N–H and O–H groups in total. The van der Waals surface area contributed by atoms with Crippen molar-refractivity contribution in [3.05, 3.63) is 16.5 Å². The van der Waals surface area contributed by atoms with Gasteiger partial charge in [0.05, 0.1) is 13.2 Å². The van der Waals surface area contributed by atoms with Crippen molar-refractivity contribution in [2.75, 3.05) is 31.2 Å². The van der Waals surface area contributed by atoms with Crippen LogP contribution in [0.5, 0.6) is 0 Å². The van der Waals surface area contributed by atoms with Gasteiger partial charge in [-0.05, 0) is 0 Å². The van der Waals surface area contributed by atoms with E-state index in [2.05, 4.69) is 9.97 Å². The molecule has 0 radical (unpaired) electrons. The summed E-state index contributed by atoms with van der Waals surface area (Å²) in [6.07, 6.45) is 1.42. The number of aromatic nitrogens is 2. The molecule has 1 aliphatic rings. The molecule has 0 aromatic carbocycles. The Bertz CT molecular complexity index is 328. The first-order valence-corrected chi connectivity index (χ1v) is 5.03. The van der Waals surface area contributed by atoms with E-state index in [1.807, 2.05) is 4.90 Å². The number of halogens is 2. The van der Waals surface area contributed by atoms with Gasteiger partial charge in [0, 0.05) is 13.1 Å². The highest BCUT2D eigenvalue weighted by Gasteiger charge is 2.17. The van der Waals surface area contributed by atoms with E-state index >= 15 is 0 Å². The maximum atomic E-state index is 5.99. The average Bonchev–Trinajstić information content (AvgIpc) is 2.23. The third-order valence-electron chi connectivity index (χ3n) is 2.04. The fourth-order valence-corrected chi connectivity index (χ4v) is 1.68. The lowest BCUT2D eigenvalue weighted by Gasteiger charge is -2.28. The van der Waals surface area contributed by atoms with E-state index in [9.17, 15) is 0 Å². The highest BCUT2D eigenvalue weighted by molar-refractivity contribution is 6.42. The van der Waals surface area contributed by atoms with E-state index in [1.54, 1.807) is 0 Å². The molecule has 1 aliphatic heterocycles. The molecular weight excluding hydrogens is 225 g/mol. The Morgan fingerprint density at radius 3 is 2.64 bits per heavy atom. The van der Waals surface area contributed by atoms with Gasteiger partial charge in [-0.2, -0.15) is 0 Å². The minimum Gasteiger partial charge on any atom is -0.378 e. The minimum absolute atomic E-state index is 0.295. The first-order chi connectivity index (χ1) is 6.79. The lowest BCUT2D eigenvalue weighted by Crippen LogP contribution is -2.37. The van der Waals surface area contributed by atoms with Gasteiger partial charge in [-0.1, -0.05) is 23.2 Å². The summed E-state index contributed by atoms with van der Waals surface area (Å²) in [6.45, 7) is 2.95. The van der Waals surface area contributed by atoms with Crippen LogP contribution in [0.2, 0.25) is 10.2 Å². The minimum atomic E-state index is 0.295. The Labute approximate surface area is 91.8 Å². The van der Waals surface area contributed by atoms with Crippen LogP contribution in [0.4, 0.5) is 5.82 Å². The van der Waals surface area contributed by atoms with E-state index in [-0.39, 0.29) is 0 Å². The fourth-order valence-electron chi connectivity index (χ4n) is 1.34. The van der Waals surface area contributed by atoms with Gasteiger partial charge in [-0.25, -0.2) is 9.97 Å². The van der Waals surface area contributed by atoms with E-state index in [0.29, 0.717) is 29.2 Å². The molecule has 76 valence electrons. The van der Waals surface area contributed by atoms with E-state index in [4.69, 9.17) is 27.9 Å². The predicted octanol–water partition coefficient (Wildman–Crippen LogP) is 1.62. The summed E-state index contributed by atoms with van der Waals surface area (Å²) in [4.78, 5) is 9.95. The van der Waals surface area contributed by atoms with Crippen molar-refractivity contribution in [1.82, 2.24) is 9.97 Å². The van der Waals surface area contributed by atoms with Crippen LogP contribution in [-0.4, -0.2) is 36.3 Å². The molecule has 1 saturated heterocycles. The second kappa shape index (κ2) is 4.29. The summed E-state index contributed by atoms with van der Waals surface area (Å²) in [5.41, 5.74) is 0. The summed E-state index contributed by atoms with van der Waals surface area (Å²) >= 11 is 11.8. The van der Waals surface area contributed by atoms with Crippen LogP contribution >= 0.6 is 23.2 Å². The maximum absolute atomic E-state index is 5.99. The zero-order valence-corrected chi connectivity index (χ0v) is 8.92. The van der Waals surface area contributed by atoms with Gasteiger partial charge in [0.2, 0.25) is 0 Å². The standard InChI is InChI=1S/C8H9Cl2N3O/c9-6-7(10)11-5-12-8(6)13-1-3-14-4-2-13/h5H,1-4H2. The van der Waals surface area contributed by atoms with Crippen molar-refractivity contribution < 1.29 is 4.74 Å². The molecule has 0 unspecified atom stereocenters. The second-order valence-electron chi connectivity index (χ2n) is 2.90. The second-order valence-corrected chi connectivity index (χ2v) is 3.64. The first-order valence-electron chi connectivity index (χ1n) is 4.27. The lowest BCUT2D eigenvalue weighted by molar-refractivity contribution is 0.122. The quantitative estimate of drug-likeness (QED) is 0.692. The van der Waals surface area contributed by atoms with Crippen LogP contribution in [0.1, 0.15) is 0 Å². The number of nitrogens with zero attached hydrogens (tertiary/aromatic N) is 3. The summed E-state index contributed by atoms with van der Waals surface area (Å²) in [5.74, 6) is 0.690. The van der Waals surface area contributed by atoms with E-state index in [0.717, 1.165) is 13.1 Å². The topological polar surface area (TPSA) is 38.2 Å². The number of hydrogen-bond donors (Lipinski definition) is 0. The van der Waals surface area contributed by atoms with Gasteiger partial charge < -0.3 is 9.64 Å². The Kier molecular flexibility index (Phi) is 3.05. The van der Waals surface area contributed by atoms with Gasteiger partial charge in [0.1, 0.15) is 11.3 Å². The van der Waals surface area contributed by atoms with Gasteiger partial charge >= 0.3 is 0 Å². The highest BCUT2D eigenvalue weighted by Crippen LogP contribution is 2.28. The molecule has 0 bridgehead atoms. The van der Waals surface area contributed by atoms with Crippen LogP contribution in [0.3, 0.4) is 0 Å². The normalized spacial score (nSPS) is 17.1. The van der Waals surface area contributed by atoms with Crippen molar-refractivity contribution >= 4 is 29.0 Å². The third kappa shape index (κ3) is 1.92. The Morgan fingerprint density at radius 1 is 1.21 bits per heavy atom. The van der Waals surface area contributed by atoms with Crippen LogP contribution in [-0.2, 0) is 4.74 Å². The largest absolute Gasteiger partial charge is 0.378 e. The molecule has 0 amide bonds. The summed E-state index contributed by atoms with van der Waals surface area (Å²) in [7, 11) is 0. The van der Waals surface area contributed by atoms with Crippen LogP contribution in [0.15, 0.2) is 6.33 Å². The number of anilines is 1. The molecule has 2 rings (SSSR count). The third-order valence-corrected chi connectivity index (χ3v) is 2.77. The van der Waals surface area contributed by atoms with Crippen molar-refractivity contribution in [3.63, 3.8) is 0 Å². The first kappa shape index (κ1) is 9.96. The summed E-state index contributed by atoms with van der Waals surface area (Å²) in [5, 5.41) is 0.708. The molecule has 6 heteroatoms. The van der Waals surface area contributed by atoms with Crippen molar-refractivity contribution in [3.8, 4) is 0 Å².